The number of aliphatic hydroxyl groups is 4. The van der Waals surface area contributed by atoms with E-state index in [0.717, 1.165) is 16.9 Å². The summed E-state index contributed by atoms with van der Waals surface area (Å²) in [6, 6.07) is 12.7. The van der Waals surface area contributed by atoms with Crippen LogP contribution in [0.4, 0.5) is 0 Å². The van der Waals surface area contributed by atoms with Gasteiger partial charge in [0.2, 0.25) is 5.79 Å². The van der Waals surface area contributed by atoms with Crippen molar-refractivity contribution in [3.05, 3.63) is 64.2 Å². The van der Waals surface area contributed by atoms with Crippen LogP contribution in [0.15, 0.2) is 42.5 Å². The van der Waals surface area contributed by atoms with Crippen LogP contribution >= 0.6 is 11.6 Å². The van der Waals surface area contributed by atoms with E-state index >= 15 is 0 Å². The van der Waals surface area contributed by atoms with E-state index in [1.165, 1.54) is 0 Å². The fourth-order valence-corrected chi connectivity index (χ4v) is 4.28. The third-order valence-corrected chi connectivity index (χ3v) is 6.17. The van der Waals surface area contributed by atoms with Gasteiger partial charge >= 0.3 is 0 Å². The Balaban J connectivity index is 1.66. The molecule has 2 unspecified atom stereocenters. The summed E-state index contributed by atoms with van der Waals surface area (Å²) in [7, 11) is 0. The molecular formula is C22H25ClO7. The van der Waals surface area contributed by atoms with Crippen LogP contribution in [-0.2, 0) is 21.7 Å². The van der Waals surface area contributed by atoms with Gasteiger partial charge < -0.3 is 34.6 Å². The van der Waals surface area contributed by atoms with Gasteiger partial charge in [-0.05, 0) is 48.7 Å². The van der Waals surface area contributed by atoms with Crippen molar-refractivity contribution in [1.29, 1.82) is 0 Å². The van der Waals surface area contributed by atoms with Crippen molar-refractivity contribution in [2.75, 3.05) is 19.8 Å². The highest BCUT2D eigenvalue weighted by Gasteiger charge is 2.67. The zero-order valence-corrected chi connectivity index (χ0v) is 17.2. The van der Waals surface area contributed by atoms with E-state index in [4.69, 9.17) is 25.8 Å². The molecule has 0 radical (unpaired) electrons. The van der Waals surface area contributed by atoms with Crippen molar-refractivity contribution in [2.45, 2.75) is 43.0 Å². The fraction of sp³-hybridized carbons (Fsp3) is 0.455. The van der Waals surface area contributed by atoms with Gasteiger partial charge in [-0.1, -0.05) is 29.8 Å². The van der Waals surface area contributed by atoms with E-state index in [0.29, 0.717) is 23.6 Å². The molecule has 7 nitrogen and oxygen atoms in total. The Hall–Kier alpha value is -1.71. The Labute approximate surface area is 179 Å². The molecule has 5 atom stereocenters. The molecule has 2 aromatic rings. The molecule has 0 saturated carbocycles. The molecule has 2 fully saturated rings. The number of ether oxygens (including phenoxy) is 3. The van der Waals surface area contributed by atoms with Crippen LogP contribution in [0.25, 0.3) is 0 Å². The molecule has 2 aromatic carbocycles. The summed E-state index contributed by atoms with van der Waals surface area (Å²) in [6.07, 6.45) is -4.06. The Kier molecular flexibility index (Phi) is 5.80. The molecule has 0 aliphatic carbocycles. The molecule has 0 spiro atoms. The monoisotopic (exact) mass is 436 g/mol. The van der Waals surface area contributed by atoms with Gasteiger partial charge in [0.05, 0.1) is 19.8 Å². The lowest BCUT2D eigenvalue weighted by molar-refractivity contribution is -0.329. The van der Waals surface area contributed by atoms with Crippen molar-refractivity contribution < 1.29 is 34.6 Å². The minimum atomic E-state index is -1.71. The van der Waals surface area contributed by atoms with Crippen LogP contribution in [0.5, 0.6) is 5.75 Å². The van der Waals surface area contributed by atoms with Gasteiger partial charge in [-0.3, -0.25) is 0 Å². The van der Waals surface area contributed by atoms with E-state index in [1.54, 1.807) is 18.2 Å². The molecule has 2 saturated heterocycles. The average Bonchev–Trinajstić information content (AvgIpc) is 3.14. The number of halogens is 1. The van der Waals surface area contributed by atoms with Crippen molar-refractivity contribution in [3.63, 3.8) is 0 Å². The predicted molar refractivity (Wildman–Crippen MR) is 108 cm³/mol. The zero-order chi connectivity index (χ0) is 21.5. The normalized spacial score (nSPS) is 32.9. The fourth-order valence-electron chi connectivity index (χ4n) is 4.09. The molecule has 4 N–H and O–H groups in total. The Morgan fingerprint density at radius 1 is 1.10 bits per heavy atom. The number of hydrogen-bond donors (Lipinski definition) is 4. The van der Waals surface area contributed by atoms with E-state index in [9.17, 15) is 20.4 Å². The molecule has 0 aromatic heterocycles. The lowest BCUT2D eigenvalue weighted by Gasteiger charge is -2.46. The highest BCUT2D eigenvalue weighted by molar-refractivity contribution is 6.31. The van der Waals surface area contributed by atoms with Gasteiger partial charge in [-0.2, -0.15) is 0 Å². The van der Waals surface area contributed by atoms with Crippen molar-refractivity contribution in [3.8, 4) is 5.75 Å². The summed E-state index contributed by atoms with van der Waals surface area (Å²) >= 11 is 6.41. The highest BCUT2D eigenvalue weighted by Crippen LogP contribution is 2.49. The Morgan fingerprint density at radius 3 is 2.50 bits per heavy atom. The van der Waals surface area contributed by atoms with Crippen LogP contribution in [0.3, 0.4) is 0 Å². The highest BCUT2D eigenvalue weighted by atomic mass is 35.5. The van der Waals surface area contributed by atoms with Crippen LogP contribution < -0.4 is 4.74 Å². The van der Waals surface area contributed by atoms with Gasteiger partial charge in [0.1, 0.15) is 29.7 Å². The van der Waals surface area contributed by atoms with Gasteiger partial charge in [-0.25, -0.2) is 0 Å². The van der Waals surface area contributed by atoms with Gasteiger partial charge in [0, 0.05) is 10.6 Å². The molecule has 4 rings (SSSR count). The third-order valence-electron chi connectivity index (χ3n) is 5.81. The van der Waals surface area contributed by atoms with E-state index < -0.39 is 36.3 Å². The Morgan fingerprint density at radius 2 is 1.83 bits per heavy atom. The number of hydrogen-bond acceptors (Lipinski definition) is 7. The van der Waals surface area contributed by atoms with Gasteiger partial charge in [0.15, 0.2) is 0 Å². The largest absolute Gasteiger partial charge is 0.494 e. The minimum absolute atomic E-state index is 0.171. The van der Waals surface area contributed by atoms with Crippen molar-refractivity contribution in [1.82, 2.24) is 0 Å². The molecular weight excluding hydrogens is 412 g/mol. The maximum Gasteiger partial charge on any atom is 0.225 e. The van der Waals surface area contributed by atoms with Crippen molar-refractivity contribution >= 4 is 11.6 Å². The van der Waals surface area contributed by atoms with E-state index in [1.807, 2.05) is 31.2 Å². The number of aliphatic hydroxyl groups excluding tert-OH is 4. The zero-order valence-electron chi connectivity index (χ0n) is 16.5. The lowest BCUT2D eigenvalue weighted by atomic mass is 9.83. The maximum absolute atomic E-state index is 10.7. The first-order chi connectivity index (χ1) is 14.3. The second-order valence-electron chi connectivity index (χ2n) is 7.72. The average molecular weight is 437 g/mol. The third kappa shape index (κ3) is 3.40. The summed E-state index contributed by atoms with van der Waals surface area (Å²) < 4.78 is 17.1. The van der Waals surface area contributed by atoms with E-state index in [2.05, 4.69) is 0 Å². The number of benzene rings is 2. The second kappa shape index (κ2) is 8.09. The van der Waals surface area contributed by atoms with Crippen LogP contribution in [0, 0.1) is 0 Å². The number of rotatable bonds is 6. The number of fused-ring (bicyclic) bond motifs is 2. The minimum Gasteiger partial charge on any atom is -0.494 e. The Bertz CT molecular complexity index is 905. The summed E-state index contributed by atoms with van der Waals surface area (Å²) in [5.41, 5.74) is 0.719. The van der Waals surface area contributed by atoms with Gasteiger partial charge in [0.25, 0.3) is 0 Å². The summed E-state index contributed by atoms with van der Waals surface area (Å²) in [5, 5.41) is 41.7. The van der Waals surface area contributed by atoms with Crippen LogP contribution in [0.2, 0.25) is 5.02 Å². The summed E-state index contributed by atoms with van der Waals surface area (Å²) in [4.78, 5) is 0. The predicted octanol–water partition coefficient (Wildman–Crippen LogP) is 1.36. The topological polar surface area (TPSA) is 109 Å². The quantitative estimate of drug-likeness (QED) is 0.541. The molecule has 162 valence electrons. The first-order valence-corrected chi connectivity index (χ1v) is 10.2. The summed E-state index contributed by atoms with van der Waals surface area (Å²) in [6.45, 7) is 1.78. The van der Waals surface area contributed by atoms with Crippen molar-refractivity contribution in [2.24, 2.45) is 0 Å². The maximum atomic E-state index is 10.7. The molecule has 2 bridgehead atoms. The molecule has 8 heteroatoms. The first-order valence-electron chi connectivity index (χ1n) is 9.85. The smallest absolute Gasteiger partial charge is 0.225 e. The van der Waals surface area contributed by atoms with E-state index in [-0.39, 0.29) is 6.61 Å². The van der Waals surface area contributed by atoms with Crippen LogP contribution in [0.1, 0.15) is 23.6 Å². The molecule has 2 aliphatic heterocycles. The lowest BCUT2D eigenvalue weighted by Crippen LogP contribution is -2.65. The SMILES string of the molecule is CCOc1ccc(Cc2cc([C@]34OC[C@](CO)(O3)C(O)[C@H](O)C4O)ccc2Cl)cc1. The molecule has 2 heterocycles. The summed E-state index contributed by atoms with van der Waals surface area (Å²) in [5.74, 6) is -0.925. The standard InChI is InChI=1S/C22H25ClO7/c1-2-28-16-6-3-13(4-7-16)9-14-10-15(5-8-17(14)23)22-20(27)18(25)19(26)21(11-24,30-22)12-29-22/h3-8,10,18-20,24-27H,2,9,11-12H2,1H3/t18-,19?,20?,21-,22-/m0/s1. The molecule has 0 amide bonds. The molecule has 30 heavy (non-hydrogen) atoms. The first kappa shape index (κ1) is 21.5. The molecule has 2 aliphatic rings. The second-order valence-corrected chi connectivity index (χ2v) is 8.13. The van der Waals surface area contributed by atoms with Gasteiger partial charge in [-0.15, -0.1) is 0 Å². The van der Waals surface area contributed by atoms with Crippen LogP contribution in [-0.4, -0.2) is 64.2 Å².